The molecule has 0 aliphatic carbocycles. The van der Waals surface area contributed by atoms with Crippen LogP contribution in [0.25, 0.3) is 0 Å². The first-order chi connectivity index (χ1) is 19.2. The Bertz CT molecular complexity index is 1100. The molecule has 3 heterocycles. The molecule has 3 aliphatic heterocycles. The van der Waals surface area contributed by atoms with E-state index < -0.39 is 46.9 Å². The molecule has 0 amide bonds. The number of anilines is 1. The molecule has 4 rings (SSSR count). The number of hydrogen-bond acceptors (Lipinski definition) is 5. The fourth-order valence-corrected chi connectivity index (χ4v) is 6.15. The summed E-state index contributed by atoms with van der Waals surface area (Å²) in [6.45, 7) is 1.83. The SMILES string of the molecule is CC1(C(=O)O)CCN(c2cc(CN3CCC4(CCN(C(C(F)(F)F)C(F)(F)F)CC4)C3)cc(C(F)(F)F)c2)C1.O=CO. The van der Waals surface area contributed by atoms with Gasteiger partial charge in [-0.15, -0.1) is 0 Å². The molecule has 2 N–H and O–H groups in total. The van der Waals surface area contributed by atoms with Crippen molar-refractivity contribution in [3.63, 3.8) is 0 Å². The lowest BCUT2D eigenvalue weighted by molar-refractivity contribution is -0.290. The lowest BCUT2D eigenvalue weighted by atomic mass is 9.77. The molecule has 7 nitrogen and oxygen atoms in total. The van der Waals surface area contributed by atoms with E-state index in [2.05, 4.69) is 0 Å². The van der Waals surface area contributed by atoms with E-state index in [-0.39, 0.29) is 64.1 Å². The molecule has 0 radical (unpaired) electrons. The average Bonchev–Trinajstić information content (AvgIpc) is 3.43. The van der Waals surface area contributed by atoms with E-state index in [4.69, 9.17) is 9.90 Å². The summed E-state index contributed by atoms with van der Waals surface area (Å²) in [5.41, 5.74) is -1.83. The van der Waals surface area contributed by atoms with Crippen LogP contribution in [-0.2, 0) is 22.3 Å². The third-order valence-electron chi connectivity index (χ3n) is 8.43. The summed E-state index contributed by atoms with van der Waals surface area (Å²) in [6, 6.07) is 0.0989. The summed E-state index contributed by atoms with van der Waals surface area (Å²) < 4.78 is 120. The van der Waals surface area contributed by atoms with Gasteiger partial charge in [-0.1, -0.05) is 0 Å². The van der Waals surface area contributed by atoms with E-state index in [1.165, 1.54) is 0 Å². The number of aliphatic carboxylic acids is 1. The minimum atomic E-state index is -5.44. The van der Waals surface area contributed by atoms with Gasteiger partial charge in [0.25, 0.3) is 6.47 Å². The van der Waals surface area contributed by atoms with E-state index in [0.29, 0.717) is 30.0 Å². The number of carboxylic acid groups (broad SMARTS) is 2. The van der Waals surface area contributed by atoms with Crippen LogP contribution in [0.5, 0.6) is 0 Å². The van der Waals surface area contributed by atoms with Crippen LogP contribution in [0.2, 0.25) is 0 Å². The van der Waals surface area contributed by atoms with Crippen LogP contribution in [-0.4, -0.2) is 90.1 Å². The second-order valence-electron chi connectivity index (χ2n) is 11.5. The van der Waals surface area contributed by atoms with E-state index in [1.54, 1.807) is 17.9 Å². The number of halogens is 9. The van der Waals surface area contributed by atoms with Gasteiger partial charge in [-0.2, -0.15) is 39.5 Å². The molecule has 42 heavy (non-hydrogen) atoms. The van der Waals surface area contributed by atoms with Crippen molar-refractivity contribution < 1.29 is 59.3 Å². The van der Waals surface area contributed by atoms with E-state index in [1.807, 2.05) is 4.90 Å². The maximum absolute atomic E-state index is 13.7. The summed E-state index contributed by atoms with van der Waals surface area (Å²) in [7, 11) is 0. The molecule has 3 saturated heterocycles. The highest BCUT2D eigenvalue weighted by molar-refractivity contribution is 5.76. The molecule has 238 valence electrons. The third kappa shape index (κ3) is 7.79. The Balaban J connectivity index is 0.00000155. The minimum Gasteiger partial charge on any atom is -0.483 e. The first kappa shape index (κ1) is 33.7. The largest absolute Gasteiger partial charge is 0.483 e. The van der Waals surface area contributed by atoms with Crippen molar-refractivity contribution in [1.29, 1.82) is 0 Å². The Morgan fingerprint density at radius 2 is 1.45 bits per heavy atom. The molecule has 0 aromatic heterocycles. The average molecular weight is 622 g/mol. The molecule has 1 atom stereocenters. The summed E-state index contributed by atoms with van der Waals surface area (Å²) in [4.78, 5) is 23.9. The van der Waals surface area contributed by atoms with Gasteiger partial charge in [-0.05, 0) is 81.4 Å². The van der Waals surface area contributed by atoms with Gasteiger partial charge in [-0.25, -0.2) is 0 Å². The predicted octanol–water partition coefficient (Wildman–Crippen LogP) is 5.49. The van der Waals surface area contributed by atoms with E-state index in [9.17, 15) is 49.4 Å². The number of likely N-dealkylation sites (tertiary alicyclic amines) is 2. The number of piperidine rings is 1. The van der Waals surface area contributed by atoms with Gasteiger partial charge >= 0.3 is 24.5 Å². The third-order valence-corrected chi connectivity index (χ3v) is 8.43. The highest BCUT2D eigenvalue weighted by atomic mass is 19.4. The second-order valence-corrected chi connectivity index (χ2v) is 11.5. The van der Waals surface area contributed by atoms with Crippen molar-refractivity contribution in [2.45, 2.75) is 63.7 Å². The van der Waals surface area contributed by atoms with Crippen molar-refractivity contribution in [3.8, 4) is 0 Å². The molecular weight excluding hydrogens is 589 g/mol. The first-order valence-corrected chi connectivity index (χ1v) is 13.1. The van der Waals surface area contributed by atoms with Crippen LogP contribution in [0, 0.1) is 10.8 Å². The minimum absolute atomic E-state index is 0.0588. The monoisotopic (exact) mass is 621 g/mol. The first-order valence-electron chi connectivity index (χ1n) is 13.1. The number of carbonyl (C=O) groups is 2. The van der Waals surface area contributed by atoms with Gasteiger partial charge in [0.2, 0.25) is 6.04 Å². The number of carboxylic acids is 1. The second kappa shape index (κ2) is 12.1. The summed E-state index contributed by atoms with van der Waals surface area (Å²) >= 11 is 0. The van der Waals surface area contributed by atoms with Crippen LogP contribution in [0.15, 0.2) is 18.2 Å². The number of benzene rings is 1. The molecule has 3 aliphatic rings. The topological polar surface area (TPSA) is 84.3 Å². The Kier molecular flexibility index (Phi) is 9.72. The van der Waals surface area contributed by atoms with Gasteiger partial charge in [0.15, 0.2) is 0 Å². The lowest BCUT2D eigenvalue weighted by Crippen LogP contribution is -2.58. The smallest absolute Gasteiger partial charge is 0.416 e. The maximum Gasteiger partial charge on any atom is 0.416 e. The van der Waals surface area contributed by atoms with Crippen molar-refractivity contribution in [1.82, 2.24) is 9.80 Å². The van der Waals surface area contributed by atoms with Crippen molar-refractivity contribution in [2.75, 3.05) is 44.2 Å². The van der Waals surface area contributed by atoms with Crippen molar-refractivity contribution in [2.24, 2.45) is 10.8 Å². The predicted molar refractivity (Wildman–Crippen MR) is 132 cm³/mol. The Morgan fingerprint density at radius 1 is 0.905 bits per heavy atom. The van der Waals surface area contributed by atoms with Crippen LogP contribution in [0.1, 0.15) is 43.7 Å². The molecule has 0 saturated carbocycles. The Morgan fingerprint density at radius 3 is 1.93 bits per heavy atom. The van der Waals surface area contributed by atoms with Crippen LogP contribution < -0.4 is 4.90 Å². The van der Waals surface area contributed by atoms with E-state index >= 15 is 0 Å². The van der Waals surface area contributed by atoms with Gasteiger partial charge < -0.3 is 15.1 Å². The zero-order valence-corrected chi connectivity index (χ0v) is 22.6. The number of rotatable bonds is 5. The van der Waals surface area contributed by atoms with Crippen LogP contribution in [0.4, 0.5) is 45.2 Å². The fraction of sp³-hybridized carbons (Fsp3) is 0.692. The molecule has 16 heteroatoms. The van der Waals surface area contributed by atoms with Crippen molar-refractivity contribution >= 4 is 18.1 Å². The molecule has 1 spiro atoms. The van der Waals surface area contributed by atoms with Gasteiger partial charge in [0.05, 0.1) is 11.0 Å². The maximum atomic E-state index is 13.7. The molecular formula is C26H32F9N3O4. The fourth-order valence-electron chi connectivity index (χ4n) is 6.15. The van der Waals surface area contributed by atoms with Crippen molar-refractivity contribution in [3.05, 3.63) is 29.3 Å². The normalized spacial score (nSPS) is 23.7. The van der Waals surface area contributed by atoms with E-state index in [0.717, 1.165) is 12.1 Å². The summed E-state index contributed by atoms with van der Waals surface area (Å²) in [5.74, 6) is -1.03. The highest BCUT2D eigenvalue weighted by Gasteiger charge is 2.60. The number of hydrogen-bond donors (Lipinski definition) is 2. The van der Waals surface area contributed by atoms with Gasteiger partial charge in [0, 0.05) is 31.9 Å². The summed E-state index contributed by atoms with van der Waals surface area (Å²) in [5, 5.41) is 16.4. The Hall–Kier alpha value is -2.75. The number of alkyl halides is 9. The molecule has 1 unspecified atom stereocenters. The highest BCUT2D eigenvalue weighted by Crippen LogP contribution is 2.45. The Labute approximate surface area is 235 Å². The number of nitrogens with zero attached hydrogens (tertiary/aromatic N) is 3. The zero-order chi connectivity index (χ0) is 31.7. The standard InChI is InChI=1S/C25H30F9N3O2.CH2O2/c1-21(20(38)39)2-7-37(14-21)18-11-16(10-17(12-18)23(26,27)28)13-35-6-3-22(15-35)4-8-36(9-5-22)19(24(29,30)31)25(32,33)34;2-1-3/h10-12,19H,2-9,13-15H2,1H3,(H,38,39);1H,(H,2,3). The van der Waals surface area contributed by atoms with Crippen LogP contribution >= 0.6 is 0 Å². The van der Waals surface area contributed by atoms with Crippen LogP contribution in [0.3, 0.4) is 0 Å². The quantitative estimate of drug-likeness (QED) is 0.333. The lowest BCUT2D eigenvalue weighted by Gasteiger charge is -2.43. The molecule has 0 bridgehead atoms. The van der Waals surface area contributed by atoms with Gasteiger partial charge in [-0.3, -0.25) is 19.4 Å². The zero-order valence-electron chi connectivity index (χ0n) is 22.6. The van der Waals surface area contributed by atoms with Gasteiger partial charge in [0.1, 0.15) is 0 Å². The molecule has 1 aromatic carbocycles. The summed E-state index contributed by atoms with van der Waals surface area (Å²) in [6.07, 6.45) is -14.5. The molecule has 1 aromatic rings. The molecule has 3 fully saturated rings.